The number of benzene rings is 1. The molecule has 0 radical (unpaired) electrons. The van der Waals surface area contributed by atoms with E-state index >= 15 is 0 Å². The number of rotatable bonds is 5. The molecular formula is C20H18F2N4O3S. The number of amides is 1. The van der Waals surface area contributed by atoms with Gasteiger partial charge in [-0.3, -0.25) is 4.79 Å². The van der Waals surface area contributed by atoms with Gasteiger partial charge in [-0.25, -0.2) is 23.5 Å². The minimum atomic E-state index is -0.791. The van der Waals surface area contributed by atoms with Crippen LogP contribution in [0.1, 0.15) is 28.6 Å². The number of aryl methyl sites for hydroxylation is 1. The third kappa shape index (κ3) is 3.36. The molecule has 4 rings (SSSR count). The predicted molar refractivity (Wildman–Crippen MR) is 109 cm³/mol. The minimum Gasteiger partial charge on any atom is -0.462 e. The lowest BCUT2D eigenvalue weighted by atomic mass is 10.2. The Morgan fingerprint density at radius 1 is 1.33 bits per heavy atom. The maximum atomic E-state index is 14.1. The zero-order chi connectivity index (χ0) is 21.4. The van der Waals surface area contributed by atoms with Gasteiger partial charge in [-0.15, -0.1) is 11.3 Å². The van der Waals surface area contributed by atoms with Gasteiger partial charge in [0.05, 0.1) is 12.0 Å². The number of nitrogens with one attached hydrogen (secondary N) is 1. The highest BCUT2D eigenvalue weighted by Crippen LogP contribution is 2.35. The Kier molecular flexibility index (Phi) is 5.33. The van der Waals surface area contributed by atoms with Crippen molar-refractivity contribution in [3.05, 3.63) is 46.6 Å². The third-order valence-corrected chi connectivity index (χ3v) is 6.09. The van der Waals surface area contributed by atoms with Crippen LogP contribution >= 0.6 is 11.3 Å². The molecule has 2 aromatic heterocycles. The number of para-hydroxylation sites is 1. The van der Waals surface area contributed by atoms with E-state index in [1.165, 1.54) is 23.7 Å². The Hall–Kier alpha value is -3.14. The highest BCUT2D eigenvalue weighted by molar-refractivity contribution is 7.20. The zero-order valence-corrected chi connectivity index (χ0v) is 17.1. The number of hydrogen-bond acceptors (Lipinski definition) is 7. The second-order valence-electron chi connectivity index (χ2n) is 6.72. The van der Waals surface area contributed by atoms with Crippen LogP contribution in [0.25, 0.3) is 10.2 Å². The Morgan fingerprint density at radius 2 is 2.07 bits per heavy atom. The number of ether oxygens (including phenoxy) is 1. The minimum absolute atomic E-state index is 0.166. The number of thiophene rings is 1. The number of esters is 1. The van der Waals surface area contributed by atoms with E-state index in [1.807, 2.05) is 0 Å². The lowest BCUT2D eigenvalue weighted by molar-refractivity contribution is -0.117. The average molecular weight is 432 g/mol. The molecule has 1 aromatic carbocycles. The molecule has 0 bridgehead atoms. The molecule has 7 nitrogen and oxygen atoms in total. The van der Waals surface area contributed by atoms with E-state index < -0.39 is 29.6 Å². The fourth-order valence-corrected chi connectivity index (χ4v) is 4.56. The molecule has 1 fully saturated rings. The van der Waals surface area contributed by atoms with Gasteiger partial charge in [-0.05, 0) is 38.0 Å². The quantitative estimate of drug-likeness (QED) is 0.620. The molecule has 0 aliphatic carbocycles. The van der Waals surface area contributed by atoms with Gasteiger partial charge in [0.15, 0.2) is 0 Å². The van der Waals surface area contributed by atoms with Crippen LogP contribution in [0.15, 0.2) is 24.5 Å². The second kappa shape index (κ2) is 7.94. The fourth-order valence-electron chi connectivity index (χ4n) is 3.52. The number of aromatic nitrogens is 2. The van der Waals surface area contributed by atoms with Crippen LogP contribution in [0.5, 0.6) is 0 Å². The van der Waals surface area contributed by atoms with Crippen LogP contribution in [0.2, 0.25) is 0 Å². The molecule has 1 N–H and O–H groups in total. The van der Waals surface area contributed by atoms with Crippen molar-refractivity contribution in [2.75, 3.05) is 23.4 Å². The van der Waals surface area contributed by atoms with Crippen LogP contribution < -0.4 is 10.2 Å². The Balaban J connectivity index is 1.64. The third-order valence-electron chi connectivity index (χ3n) is 4.91. The number of nitrogens with zero attached hydrogens (tertiary/aromatic N) is 3. The summed E-state index contributed by atoms with van der Waals surface area (Å²) in [6.45, 7) is 3.90. The maximum Gasteiger partial charge on any atom is 0.348 e. The summed E-state index contributed by atoms with van der Waals surface area (Å²) in [6, 6.07) is 2.77. The number of carbonyl (C=O) groups excluding carboxylic acids is 2. The number of fused-ring (bicyclic) bond motifs is 1. The number of halogens is 2. The van der Waals surface area contributed by atoms with Crippen molar-refractivity contribution in [2.24, 2.45) is 0 Å². The smallest absolute Gasteiger partial charge is 0.348 e. The summed E-state index contributed by atoms with van der Waals surface area (Å²) in [5, 5.41) is 3.68. The van der Waals surface area contributed by atoms with Gasteiger partial charge in [0, 0.05) is 6.54 Å². The van der Waals surface area contributed by atoms with E-state index in [4.69, 9.17) is 4.74 Å². The molecule has 1 saturated heterocycles. The molecule has 10 heteroatoms. The van der Waals surface area contributed by atoms with Gasteiger partial charge in [0.1, 0.15) is 45.2 Å². The van der Waals surface area contributed by atoms with Crippen LogP contribution in [0.4, 0.5) is 20.3 Å². The predicted octanol–water partition coefficient (Wildman–Crippen LogP) is 3.67. The van der Waals surface area contributed by atoms with Crippen molar-refractivity contribution < 1.29 is 23.1 Å². The molecule has 1 atom stereocenters. The number of carbonyl (C=O) groups is 2. The Labute approximate surface area is 174 Å². The average Bonchev–Trinajstić information content (AvgIpc) is 3.24. The second-order valence-corrected chi connectivity index (χ2v) is 7.72. The Bertz CT molecular complexity index is 1130. The summed E-state index contributed by atoms with van der Waals surface area (Å²) in [4.78, 5) is 35.6. The van der Waals surface area contributed by atoms with Gasteiger partial charge in [-0.2, -0.15) is 0 Å². The summed E-state index contributed by atoms with van der Waals surface area (Å²) < 4.78 is 33.3. The van der Waals surface area contributed by atoms with Crippen molar-refractivity contribution >= 4 is 44.9 Å². The van der Waals surface area contributed by atoms with Crippen molar-refractivity contribution in [3.63, 3.8) is 0 Å². The molecule has 1 aliphatic rings. The highest BCUT2D eigenvalue weighted by atomic mass is 32.1. The highest BCUT2D eigenvalue weighted by Gasteiger charge is 2.36. The first-order valence-corrected chi connectivity index (χ1v) is 10.2. The number of anilines is 2. The van der Waals surface area contributed by atoms with E-state index in [0.29, 0.717) is 32.9 Å². The summed E-state index contributed by atoms with van der Waals surface area (Å²) in [6.07, 6.45) is 1.68. The first-order chi connectivity index (χ1) is 14.4. The van der Waals surface area contributed by atoms with Gasteiger partial charge in [0.25, 0.3) is 0 Å². The summed E-state index contributed by atoms with van der Waals surface area (Å²) >= 11 is 1.19. The SMILES string of the molecule is CCOC(=O)c1sc2ncnc(NC3CCN(c4c(F)cccc4F)C3=O)c2c1C. The molecule has 3 heterocycles. The van der Waals surface area contributed by atoms with E-state index in [9.17, 15) is 18.4 Å². The topological polar surface area (TPSA) is 84.4 Å². The van der Waals surface area contributed by atoms with Crippen LogP contribution in [0.3, 0.4) is 0 Å². The first kappa shape index (κ1) is 20.1. The monoisotopic (exact) mass is 432 g/mol. The molecule has 30 heavy (non-hydrogen) atoms. The largest absolute Gasteiger partial charge is 0.462 e. The van der Waals surface area contributed by atoms with Crippen LogP contribution in [0, 0.1) is 18.6 Å². The molecule has 156 valence electrons. The standard InChI is InChI=1S/C20H18F2N4O3S/c1-3-29-20(28)16-10(2)14-17(23-9-24-18(14)30-16)25-13-7-8-26(19(13)27)15-11(21)5-4-6-12(15)22/h4-6,9,13H,3,7-8H2,1-2H3,(H,23,24,25). The lowest BCUT2D eigenvalue weighted by Crippen LogP contribution is -2.34. The van der Waals surface area contributed by atoms with Gasteiger partial charge >= 0.3 is 5.97 Å². The van der Waals surface area contributed by atoms with E-state index in [0.717, 1.165) is 17.0 Å². The van der Waals surface area contributed by atoms with Crippen molar-refractivity contribution in [1.29, 1.82) is 0 Å². The Morgan fingerprint density at radius 3 is 2.77 bits per heavy atom. The lowest BCUT2D eigenvalue weighted by Gasteiger charge is -2.19. The molecule has 0 spiro atoms. The van der Waals surface area contributed by atoms with Crippen LogP contribution in [-0.2, 0) is 9.53 Å². The van der Waals surface area contributed by atoms with Gasteiger partial charge < -0.3 is 15.0 Å². The van der Waals surface area contributed by atoms with E-state index in [1.54, 1.807) is 13.8 Å². The molecule has 1 amide bonds. The van der Waals surface area contributed by atoms with Gasteiger partial charge in [-0.1, -0.05) is 6.07 Å². The van der Waals surface area contributed by atoms with Gasteiger partial charge in [0.2, 0.25) is 5.91 Å². The normalized spacial score (nSPS) is 16.3. The summed E-state index contributed by atoms with van der Waals surface area (Å²) in [5.41, 5.74) is 0.301. The molecule has 0 saturated carbocycles. The van der Waals surface area contributed by atoms with Crippen LogP contribution in [-0.4, -0.2) is 41.0 Å². The molecule has 1 unspecified atom stereocenters. The molecule has 3 aromatic rings. The maximum absolute atomic E-state index is 14.1. The van der Waals surface area contributed by atoms with E-state index in [2.05, 4.69) is 15.3 Å². The first-order valence-electron chi connectivity index (χ1n) is 9.35. The van der Waals surface area contributed by atoms with E-state index in [-0.39, 0.29) is 18.8 Å². The molecular weight excluding hydrogens is 414 g/mol. The van der Waals surface area contributed by atoms with Crippen molar-refractivity contribution in [2.45, 2.75) is 26.3 Å². The fraction of sp³-hybridized carbons (Fsp3) is 0.300. The summed E-state index contributed by atoms with van der Waals surface area (Å²) in [5.74, 6) is -2.09. The van der Waals surface area contributed by atoms with Crippen molar-refractivity contribution in [1.82, 2.24) is 9.97 Å². The zero-order valence-electron chi connectivity index (χ0n) is 16.2. The van der Waals surface area contributed by atoms with Crippen molar-refractivity contribution in [3.8, 4) is 0 Å². The summed E-state index contributed by atoms with van der Waals surface area (Å²) in [7, 11) is 0. The number of hydrogen-bond donors (Lipinski definition) is 1. The molecule has 1 aliphatic heterocycles.